The van der Waals surface area contributed by atoms with Gasteiger partial charge in [0.1, 0.15) is 5.78 Å². The molecule has 0 spiro atoms. The lowest BCUT2D eigenvalue weighted by Gasteiger charge is -2.19. The molecule has 0 aromatic carbocycles. The van der Waals surface area contributed by atoms with Crippen LogP contribution in [-0.2, 0) is 19.1 Å². The second kappa shape index (κ2) is 3.23. The number of ketones is 1. The summed E-state index contributed by atoms with van der Waals surface area (Å²) < 4.78 is 9.58. The molecule has 1 atom stereocenters. The Hall–Kier alpha value is -0.900. The standard InChI is InChI=1S/C8H12O4/c1-6(9)8(7(10)11-2)3-4-12-5-8/h3-5H2,1-2H3. The van der Waals surface area contributed by atoms with Crippen molar-refractivity contribution in [2.45, 2.75) is 13.3 Å². The molecule has 12 heavy (non-hydrogen) atoms. The smallest absolute Gasteiger partial charge is 0.321 e. The van der Waals surface area contributed by atoms with Crippen molar-refractivity contribution in [2.24, 2.45) is 5.41 Å². The van der Waals surface area contributed by atoms with Crippen LogP contribution >= 0.6 is 0 Å². The van der Waals surface area contributed by atoms with E-state index in [1.807, 2.05) is 0 Å². The zero-order valence-electron chi connectivity index (χ0n) is 7.25. The maximum absolute atomic E-state index is 11.3. The van der Waals surface area contributed by atoms with E-state index in [2.05, 4.69) is 4.74 Å². The monoisotopic (exact) mass is 172 g/mol. The van der Waals surface area contributed by atoms with E-state index in [1.165, 1.54) is 14.0 Å². The number of carbonyl (C=O) groups is 2. The summed E-state index contributed by atoms with van der Waals surface area (Å²) >= 11 is 0. The zero-order valence-corrected chi connectivity index (χ0v) is 7.25. The summed E-state index contributed by atoms with van der Waals surface area (Å²) in [7, 11) is 1.28. The third-order valence-electron chi connectivity index (χ3n) is 2.27. The Balaban J connectivity index is 2.86. The molecular weight excluding hydrogens is 160 g/mol. The van der Waals surface area contributed by atoms with Crippen LogP contribution in [0.25, 0.3) is 0 Å². The quantitative estimate of drug-likeness (QED) is 0.439. The van der Waals surface area contributed by atoms with E-state index < -0.39 is 11.4 Å². The highest BCUT2D eigenvalue weighted by Gasteiger charge is 2.47. The summed E-state index contributed by atoms with van der Waals surface area (Å²) in [4.78, 5) is 22.4. The summed E-state index contributed by atoms with van der Waals surface area (Å²) in [6.07, 6.45) is 0.439. The number of rotatable bonds is 2. The lowest BCUT2D eigenvalue weighted by Crippen LogP contribution is -2.39. The number of esters is 1. The minimum absolute atomic E-state index is 0.162. The fourth-order valence-corrected chi connectivity index (χ4v) is 1.34. The molecule has 4 nitrogen and oxygen atoms in total. The van der Waals surface area contributed by atoms with Gasteiger partial charge in [0.05, 0.1) is 13.7 Å². The van der Waals surface area contributed by atoms with Crippen LogP contribution in [0.5, 0.6) is 0 Å². The summed E-state index contributed by atoms with van der Waals surface area (Å²) in [5.74, 6) is -0.653. The van der Waals surface area contributed by atoms with Gasteiger partial charge in [-0.1, -0.05) is 0 Å². The summed E-state index contributed by atoms with van der Waals surface area (Å²) in [5, 5.41) is 0. The maximum Gasteiger partial charge on any atom is 0.321 e. The predicted molar refractivity (Wildman–Crippen MR) is 40.6 cm³/mol. The van der Waals surface area contributed by atoms with Gasteiger partial charge in [-0.15, -0.1) is 0 Å². The molecular formula is C8H12O4. The van der Waals surface area contributed by atoms with E-state index in [-0.39, 0.29) is 12.4 Å². The first-order chi connectivity index (χ1) is 5.63. The van der Waals surface area contributed by atoms with E-state index in [0.717, 1.165) is 0 Å². The van der Waals surface area contributed by atoms with Gasteiger partial charge in [-0.25, -0.2) is 0 Å². The Morgan fingerprint density at radius 3 is 2.50 bits per heavy atom. The minimum Gasteiger partial charge on any atom is -0.468 e. The second-order valence-electron chi connectivity index (χ2n) is 2.93. The third kappa shape index (κ3) is 1.22. The van der Waals surface area contributed by atoms with Crippen LogP contribution in [-0.4, -0.2) is 32.1 Å². The van der Waals surface area contributed by atoms with E-state index in [1.54, 1.807) is 0 Å². The minimum atomic E-state index is -1.02. The number of carbonyl (C=O) groups excluding carboxylic acids is 2. The van der Waals surface area contributed by atoms with Crippen LogP contribution in [0.2, 0.25) is 0 Å². The normalized spacial score (nSPS) is 28.5. The lowest BCUT2D eigenvalue weighted by atomic mass is 9.83. The molecule has 1 heterocycles. The summed E-state index contributed by atoms with van der Waals surface area (Å²) in [6, 6.07) is 0. The zero-order chi connectivity index (χ0) is 9.19. The van der Waals surface area contributed by atoms with E-state index >= 15 is 0 Å². The van der Waals surface area contributed by atoms with Crippen molar-refractivity contribution in [3.8, 4) is 0 Å². The van der Waals surface area contributed by atoms with Crippen LogP contribution in [0.15, 0.2) is 0 Å². The van der Waals surface area contributed by atoms with Crippen LogP contribution in [0.3, 0.4) is 0 Å². The van der Waals surface area contributed by atoms with Gasteiger partial charge in [-0.05, 0) is 13.3 Å². The molecule has 1 unspecified atom stereocenters. The first kappa shape index (κ1) is 9.19. The highest BCUT2D eigenvalue weighted by Crippen LogP contribution is 2.30. The molecule has 4 heteroatoms. The predicted octanol–water partition coefficient (Wildman–Crippen LogP) is 0.155. The van der Waals surface area contributed by atoms with Crippen molar-refractivity contribution < 1.29 is 19.1 Å². The first-order valence-corrected chi connectivity index (χ1v) is 3.81. The van der Waals surface area contributed by atoms with Crippen LogP contribution in [0.1, 0.15) is 13.3 Å². The lowest BCUT2D eigenvalue weighted by molar-refractivity contribution is -0.157. The van der Waals surface area contributed by atoms with Gasteiger partial charge in [-0.2, -0.15) is 0 Å². The molecule has 1 saturated heterocycles. The fraction of sp³-hybridized carbons (Fsp3) is 0.750. The fourth-order valence-electron chi connectivity index (χ4n) is 1.34. The molecule has 0 aromatic rings. The molecule has 1 rings (SSSR count). The molecule has 0 aliphatic carbocycles. The third-order valence-corrected chi connectivity index (χ3v) is 2.27. The van der Waals surface area contributed by atoms with Crippen LogP contribution < -0.4 is 0 Å². The molecule has 1 aliphatic heterocycles. The molecule has 0 radical (unpaired) electrons. The first-order valence-electron chi connectivity index (χ1n) is 3.81. The highest BCUT2D eigenvalue weighted by molar-refractivity contribution is 6.03. The molecule has 1 fully saturated rings. The Kier molecular flexibility index (Phi) is 2.47. The van der Waals surface area contributed by atoms with Gasteiger partial charge < -0.3 is 9.47 Å². The van der Waals surface area contributed by atoms with Gasteiger partial charge in [-0.3, -0.25) is 9.59 Å². The summed E-state index contributed by atoms with van der Waals surface area (Å²) in [5.41, 5.74) is -1.02. The molecule has 0 aromatic heterocycles. The molecule has 0 N–H and O–H groups in total. The maximum atomic E-state index is 11.3. The number of hydrogen-bond acceptors (Lipinski definition) is 4. The van der Waals surface area contributed by atoms with E-state index in [9.17, 15) is 9.59 Å². The number of ether oxygens (including phenoxy) is 2. The molecule has 0 bridgehead atoms. The van der Waals surface area contributed by atoms with Gasteiger partial charge in [0.15, 0.2) is 5.41 Å². The number of Topliss-reactive ketones (excluding diaryl/α,β-unsaturated/α-hetero) is 1. The molecule has 0 saturated carbocycles. The van der Waals surface area contributed by atoms with Crippen molar-refractivity contribution in [1.82, 2.24) is 0 Å². The molecule has 68 valence electrons. The largest absolute Gasteiger partial charge is 0.468 e. The van der Waals surface area contributed by atoms with Crippen LogP contribution in [0, 0.1) is 5.41 Å². The van der Waals surface area contributed by atoms with Crippen molar-refractivity contribution in [2.75, 3.05) is 20.3 Å². The van der Waals surface area contributed by atoms with Crippen molar-refractivity contribution in [1.29, 1.82) is 0 Å². The topological polar surface area (TPSA) is 52.6 Å². The Morgan fingerprint density at radius 1 is 1.50 bits per heavy atom. The Bertz CT molecular complexity index is 203. The summed E-state index contributed by atoms with van der Waals surface area (Å²) in [6.45, 7) is 2.01. The second-order valence-corrected chi connectivity index (χ2v) is 2.93. The van der Waals surface area contributed by atoms with Gasteiger partial charge in [0.2, 0.25) is 0 Å². The average molecular weight is 172 g/mol. The van der Waals surface area contributed by atoms with Gasteiger partial charge >= 0.3 is 5.97 Å². The van der Waals surface area contributed by atoms with E-state index in [4.69, 9.17) is 4.74 Å². The Labute approximate surface area is 70.8 Å². The Morgan fingerprint density at radius 2 is 2.17 bits per heavy atom. The molecule has 1 aliphatic rings. The van der Waals surface area contributed by atoms with Gasteiger partial charge in [0, 0.05) is 6.61 Å². The van der Waals surface area contributed by atoms with Crippen molar-refractivity contribution in [3.05, 3.63) is 0 Å². The van der Waals surface area contributed by atoms with Crippen LogP contribution in [0.4, 0.5) is 0 Å². The highest BCUT2D eigenvalue weighted by atomic mass is 16.5. The average Bonchev–Trinajstić information content (AvgIpc) is 2.52. The van der Waals surface area contributed by atoms with Crippen molar-refractivity contribution in [3.63, 3.8) is 0 Å². The number of methoxy groups -OCH3 is 1. The number of hydrogen-bond donors (Lipinski definition) is 0. The van der Waals surface area contributed by atoms with Crippen molar-refractivity contribution >= 4 is 11.8 Å². The molecule has 0 amide bonds. The van der Waals surface area contributed by atoms with E-state index in [0.29, 0.717) is 13.0 Å². The van der Waals surface area contributed by atoms with Gasteiger partial charge in [0.25, 0.3) is 0 Å². The SMILES string of the molecule is COC(=O)C1(C(C)=O)CCOC1.